The molecule has 0 aliphatic heterocycles. The Bertz CT molecular complexity index is 1100. The van der Waals surface area contributed by atoms with E-state index in [1.807, 2.05) is 21.1 Å². The number of carbonyl (C=O) groups is 1. The molecular formula is C59H119NO7P+. The predicted molar refractivity (Wildman–Crippen MR) is 294 cm³/mol. The molecule has 68 heavy (non-hydrogen) atoms. The lowest BCUT2D eigenvalue weighted by Gasteiger charge is -2.24. The second-order valence-electron chi connectivity index (χ2n) is 21.7. The van der Waals surface area contributed by atoms with Crippen molar-refractivity contribution >= 4 is 13.8 Å². The van der Waals surface area contributed by atoms with Crippen molar-refractivity contribution in [3.05, 3.63) is 12.2 Å². The van der Waals surface area contributed by atoms with Crippen LogP contribution in [-0.4, -0.2) is 75.6 Å². The summed E-state index contributed by atoms with van der Waals surface area (Å²) in [5.74, 6) is -0.305. The number of nitrogens with zero attached hydrogens (tertiary/aromatic N) is 1. The number of phosphoric ester groups is 1. The van der Waals surface area contributed by atoms with Gasteiger partial charge in [-0.15, -0.1) is 0 Å². The van der Waals surface area contributed by atoms with Crippen molar-refractivity contribution in [1.29, 1.82) is 0 Å². The highest BCUT2D eigenvalue weighted by molar-refractivity contribution is 7.47. The van der Waals surface area contributed by atoms with E-state index in [0.717, 1.165) is 32.1 Å². The number of likely N-dealkylation sites (N-methyl/N-ethyl adjacent to an activating group) is 1. The molecule has 0 saturated heterocycles. The molecule has 406 valence electrons. The Morgan fingerprint density at radius 2 is 0.765 bits per heavy atom. The van der Waals surface area contributed by atoms with Gasteiger partial charge in [-0.3, -0.25) is 13.8 Å². The summed E-state index contributed by atoms with van der Waals surface area (Å²) in [6.45, 7) is 5.70. The van der Waals surface area contributed by atoms with E-state index in [1.165, 1.54) is 250 Å². The molecule has 1 N–H and O–H groups in total. The quantitative estimate of drug-likeness (QED) is 0.0213. The van der Waals surface area contributed by atoms with Gasteiger partial charge < -0.3 is 18.9 Å². The van der Waals surface area contributed by atoms with Crippen LogP contribution in [0.3, 0.4) is 0 Å². The lowest BCUT2D eigenvalue weighted by molar-refractivity contribution is -0.870. The molecule has 0 amide bonds. The molecule has 2 atom stereocenters. The number of phosphoric acid groups is 1. The van der Waals surface area contributed by atoms with E-state index in [1.54, 1.807) is 0 Å². The number of hydrogen-bond donors (Lipinski definition) is 1. The molecule has 8 nitrogen and oxygen atoms in total. The third-order valence-corrected chi connectivity index (χ3v) is 14.6. The summed E-state index contributed by atoms with van der Waals surface area (Å²) in [4.78, 5) is 23.1. The van der Waals surface area contributed by atoms with E-state index < -0.39 is 13.9 Å². The first-order valence-electron chi connectivity index (χ1n) is 29.9. The lowest BCUT2D eigenvalue weighted by atomic mass is 10.0. The molecule has 0 bridgehead atoms. The molecule has 0 aliphatic carbocycles. The van der Waals surface area contributed by atoms with Crippen LogP contribution in [0, 0.1) is 0 Å². The maximum atomic E-state index is 12.8. The monoisotopic (exact) mass is 985 g/mol. The molecule has 0 fully saturated rings. The van der Waals surface area contributed by atoms with Gasteiger partial charge in [0.2, 0.25) is 0 Å². The number of ether oxygens (including phenoxy) is 2. The normalized spacial score (nSPS) is 13.4. The Balaban J connectivity index is 4.01. The van der Waals surface area contributed by atoms with Crippen LogP contribution in [0.5, 0.6) is 0 Å². The van der Waals surface area contributed by atoms with Crippen molar-refractivity contribution in [2.45, 2.75) is 309 Å². The van der Waals surface area contributed by atoms with E-state index in [2.05, 4.69) is 26.0 Å². The number of rotatable bonds is 57. The second-order valence-corrected chi connectivity index (χ2v) is 23.2. The fourth-order valence-corrected chi connectivity index (χ4v) is 9.71. The number of esters is 1. The molecule has 0 saturated carbocycles. The summed E-state index contributed by atoms with van der Waals surface area (Å²) in [6, 6.07) is 0. The van der Waals surface area contributed by atoms with Crippen LogP contribution in [0.4, 0.5) is 0 Å². The van der Waals surface area contributed by atoms with Crippen LogP contribution in [0.1, 0.15) is 303 Å². The van der Waals surface area contributed by atoms with Gasteiger partial charge in [0.1, 0.15) is 19.3 Å². The van der Waals surface area contributed by atoms with Gasteiger partial charge in [-0.1, -0.05) is 270 Å². The molecule has 0 aliphatic rings. The fourth-order valence-electron chi connectivity index (χ4n) is 8.96. The van der Waals surface area contributed by atoms with Crippen LogP contribution < -0.4 is 0 Å². The summed E-state index contributed by atoms with van der Waals surface area (Å²) in [5, 5.41) is 0. The molecule has 0 rings (SSSR count). The van der Waals surface area contributed by atoms with Gasteiger partial charge >= 0.3 is 13.8 Å². The van der Waals surface area contributed by atoms with Crippen LogP contribution in [0.25, 0.3) is 0 Å². The van der Waals surface area contributed by atoms with Crippen molar-refractivity contribution in [3.63, 3.8) is 0 Å². The van der Waals surface area contributed by atoms with E-state index in [4.69, 9.17) is 18.5 Å². The first-order valence-corrected chi connectivity index (χ1v) is 31.4. The summed E-state index contributed by atoms with van der Waals surface area (Å²) >= 11 is 0. The molecule has 0 spiro atoms. The minimum atomic E-state index is -4.28. The van der Waals surface area contributed by atoms with Crippen molar-refractivity contribution in [2.75, 3.05) is 54.1 Å². The Hall–Kier alpha value is -0.760. The molecule has 0 aromatic carbocycles. The zero-order valence-corrected chi connectivity index (χ0v) is 47.3. The van der Waals surface area contributed by atoms with Crippen molar-refractivity contribution in [2.24, 2.45) is 0 Å². The highest BCUT2D eigenvalue weighted by atomic mass is 31.2. The van der Waals surface area contributed by atoms with E-state index >= 15 is 0 Å². The van der Waals surface area contributed by atoms with Gasteiger partial charge in [0, 0.05) is 13.0 Å². The number of quaternary nitrogens is 1. The maximum Gasteiger partial charge on any atom is 0.472 e. The van der Waals surface area contributed by atoms with Gasteiger partial charge in [0.15, 0.2) is 0 Å². The Morgan fingerprint density at radius 1 is 0.441 bits per heavy atom. The summed E-state index contributed by atoms with van der Waals surface area (Å²) < 4.78 is 35.3. The minimum Gasteiger partial charge on any atom is -0.457 e. The fraction of sp³-hybridized carbons (Fsp3) is 0.949. The first kappa shape index (κ1) is 67.2. The molecular weight excluding hydrogens is 866 g/mol. The van der Waals surface area contributed by atoms with Gasteiger partial charge in [-0.2, -0.15) is 0 Å². The molecule has 0 aromatic heterocycles. The largest absolute Gasteiger partial charge is 0.472 e. The maximum absolute atomic E-state index is 12.8. The molecule has 0 aromatic rings. The van der Waals surface area contributed by atoms with E-state index in [0.29, 0.717) is 24.1 Å². The standard InChI is InChI=1S/C59H118NO7P/c1-6-8-10-12-14-16-18-20-22-24-26-28-30-31-32-34-36-38-40-42-44-46-48-50-52-59(61)67-58(57-66-68(62,63)65-55-53-60(3,4)5)56-64-54-51-49-47-45-43-41-39-37-35-33-29-27-25-23-21-19-17-15-13-11-9-7-2/h25,27,58H,6-24,26,28-57H2,1-5H3/p+1/b27-25-. The minimum absolute atomic E-state index is 0.0924. The highest BCUT2D eigenvalue weighted by Gasteiger charge is 2.26. The molecule has 9 heteroatoms. The van der Waals surface area contributed by atoms with Crippen molar-refractivity contribution < 1.29 is 37.3 Å². The lowest BCUT2D eigenvalue weighted by Crippen LogP contribution is -2.37. The van der Waals surface area contributed by atoms with Crippen LogP contribution in [0.2, 0.25) is 0 Å². The number of hydrogen-bond acceptors (Lipinski definition) is 6. The third kappa shape index (κ3) is 56.2. The van der Waals surface area contributed by atoms with Crippen LogP contribution in [0.15, 0.2) is 12.2 Å². The smallest absolute Gasteiger partial charge is 0.457 e. The van der Waals surface area contributed by atoms with Crippen molar-refractivity contribution in [3.8, 4) is 0 Å². The summed E-state index contributed by atoms with van der Waals surface area (Å²) in [5.41, 5.74) is 0. The topological polar surface area (TPSA) is 91.3 Å². The average Bonchev–Trinajstić information content (AvgIpc) is 3.30. The zero-order chi connectivity index (χ0) is 49.8. The Labute approximate surface area is 424 Å². The van der Waals surface area contributed by atoms with Crippen LogP contribution >= 0.6 is 7.82 Å². The number of allylic oxidation sites excluding steroid dienone is 2. The Morgan fingerprint density at radius 3 is 1.12 bits per heavy atom. The average molecular weight is 986 g/mol. The van der Waals surface area contributed by atoms with Gasteiger partial charge in [0.05, 0.1) is 34.4 Å². The summed E-state index contributed by atoms with van der Waals surface area (Å²) in [6.07, 6.45) is 62.8. The number of carbonyl (C=O) groups excluding carboxylic acids is 1. The Kier molecular flexibility index (Phi) is 52.0. The molecule has 2 unspecified atom stereocenters. The SMILES string of the molecule is CCCCCCCCCC/C=C\CCCCCCCCCCCCOCC(COP(=O)(O)OCC[N+](C)(C)C)OC(=O)CCCCCCCCCCCCCCCCCCCCCCCCCC. The molecule has 0 heterocycles. The predicted octanol–water partition coefficient (Wildman–Crippen LogP) is 18.9. The van der Waals surface area contributed by atoms with Gasteiger partial charge in [-0.05, 0) is 38.5 Å². The zero-order valence-electron chi connectivity index (χ0n) is 46.4. The first-order chi connectivity index (χ1) is 33.1. The second kappa shape index (κ2) is 52.6. The molecule has 0 radical (unpaired) electrons. The van der Waals surface area contributed by atoms with Gasteiger partial charge in [0.25, 0.3) is 0 Å². The van der Waals surface area contributed by atoms with E-state index in [-0.39, 0.29) is 25.8 Å². The number of unbranched alkanes of at least 4 members (excludes halogenated alkanes) is 41. The van der Waals surface area contributed by atoms with E-state index in [9.17, 15) is 14.3 Å². The van der Waals surface area contributed by atoms with Gasteiger partial charge in [-0.25, -0.2) is 4.57 Å². The van der Waals surface area contributed by atoms with Crippen molar-refractivity contribution in [1.82, 2.24) is 0 Å². The summed E-state index contributed by atoms with van der Waals surface area (Å²) in [7, 11) is 1.69. The third-order valence-electron chi connectivity index (χ3n) is 13.6. The van der Waals surface area contributed by atoms with Crippen LogP contribution in [-0.2, 0) is 27.9 Å². The highest BCUT2D eigenvalue weighted by Crippen LogP contribution is 2.43.